The summed E-state index contributed by atoms with van der Waals surface area (Å²) in [5.74, 6) is -1.28. The quantitative estimate of drug-likeness (QED) is 0.589. The van der Waals surface area contributed by atoms with Gasteiger partial charge < -0.3 is 10.4 Å². The molecule has 0 aliphatic heterocycles. The lowest BCUT2D eigenvalue weighted by Gasteiger charge is -2.16. The Morgan fingerprint density at radius 2 is 2.20 bits per heavy atom. The molecule has 1 aliphatic carbocycles. The summed E-state index contributed by atoms with van der Waals surface area (Å²) in [7, 11) is 0. The first-order valence-corrected chi connectivity index (χ1v) is 6.74. The smallest absolute Gasteiger partial charge is 0.342 e. The summed E-state index contributed by atoms with van der Waals surface area (Å²) in [6.07, 6.45) is 4.42. The van der Waals surface area contributed by atoms with E-state index in [1.54, 1.807) is 6.07 Å². The predicted octanol–water partition coefficient (Wildman–Crippen LogP) is 3.29. The predicted molar refractivity (Wildman–Crippen MR) is 75.1 cm³/mol. The van der Waals surface area contributed by atoms with E-state index in [4.69, 9.17) is 5.11 Å². The van der Waals surface area contributed by atoms with E-state index in [9.17, 15) is 14.9 Å². The molecule has 6 heteroatoms. The van der Waals surface area contributed by atoms with Gasteiger partial charge in [-0.3, -0.25) is 10.1 Å². The number of nitrogens with zero attached hydrogens (tertiary/aromatic N) is 1. The van der Waals surface area contributed by atoms with Crippen molar-refractivity contribution >= 4 is 17.3 Å². The van der Waals surface area contributed by atoms with Crippen molar-refractivity contribution in [3.8, 4) is 0 Å². The number of hydrogen-bond donors (Lipinski definition) is 2. The zero-order valence-electron chi connectivity index (χ0n) is 11.4. The van der Waals surface area contributed by atoms with Crippen LogP contribution in [0.3, 0.4) is 0 Å². The van der Waals surface area contributed by atoms with Crippen molar-refractivity contribution in [1.82, 2.24) is 0 Å². The topological polar surface area (TPSA) is 92.5 Å². The van der Waals surface area contributed by atoms with Gasteiger partial charge in [-0.15, -0.1) is 0 Å². The van der Waals surface area contributed by atoms with Crippen LogP contribution in [0.2, 0.25) is 0 Å². The SMILES string of the molecule is CCCC1(CNc2cccc(C(=O)O)c2[N+](=O)[O-])CC1. The molecule has 108 valence electrons. The Morgan fingerprint density at radius 3 is 2.70 bits per heavy atom. The highest BCUT2D eigenvalue weighted by Gasteiger charge is 2.41. The molecule has 1 fully saturated rings. The van der Waals surface area contributed by atoms with Gasteiger partial charge in [0.05, 0.1) is 4.92 Å². The minimum absolute atomic E-state index is 0.238. The maximum Gasteiger partial charge on any atom is 0.342 e. The molecule has 0 radical (unpaired) electrons. The molecule has 6 nitrogen and oxygen atoms in total. The van der Waals surface area contributed by atoms with Crippen LogP contribution in [0.5, 0.6) is 0 Å². The third kappa shape index (κ3) is 2.89. The van der Waals surface area contributed by atoms with E-state index in [2.05, 4.69) is 12.2 Å². The molecule has 2 N–H and O–H groups in total. The fourth-order valence-electron chi connectivity index (χ4n) is 2.56. The standard InChI is InChI=1S/C14H18N2O4/c1-2-6-14(7-8-14)9-15-11-5-3-4-10(13(17)18)12(11)16(19)20/h3-5,15H,2,6-9H2,1H3,(H,17,18). The summed E-state index contributed by atoms with van der Waals surface area (Å²) >= 11 is 0. The van der Waals surface area contributed by atoms with Crippen LogP contribution < -0.4 is 5.32 Å². The highest BCUT2D eigenvalue weighted by Crippen LogP contribution is 2.49. The summed E-state index contributed by atoms with van der Waals surface area (Å²) < 4.78 is 0. The largest absolute Gasteiger partial charge is 0.477 e. The monoisotopic (exact) mass is 278 g/mol. The van der Waals surface area contributed by atoms with Crippen LogP contribution in [-0.4, -0.2) is 22.5 Å². The Bertz CT molecular complexity index is 538. The molecule has 1 aliphatic rings. The first-order chi connectivity index (χ1) is 9.49. The molecule has 0 aromatic heterocycles. The maximum atomic E-state index is 11.1. The van der Waals surface area contributed by atoms with E-state index in [1.807, 2.05) is 0 Å². The van der Waals surface area contributed by atoms with Gasteiger partial charge >= 0.3 is 11.7 Å². The number of anilines is 1. The molecule has 0 heterocycles. The molecular weight excluding hydrogens is 260 g/mol. The van der Waals surface area contributed by atoms with Crippen LogP contribution in [0.4, 0.5) is 11.4 Å². The molecule has 0 atom stereocenters. The number of hydrogen-bond acceptors (Lipinski definition) is 4. The Labute approximate surface area is 117 Å². The van der Waals surface area contributed by atoms with Crippen molar-refractivity contribution in [2.24, 2.45) is 5.41 Å². The lowest BCUT2D eigenvalue weighted by molar-refractivity contribution is -0.384. The maximum absolute atomic E-state index is 11.1. The molecule has 0 unspecified atom stereocenters. The lowest BCUT2D eigenvalue weighted by Crippen LogP contribution is -2.16. The number of carboxylic acids is 1. The van der Waals surface area contributed by atoms with Crippen molar-refractivity contribution < 1.29 is 14.8 Å². The average molecular weight is 278 g/mol. The molecule has 1 aromatic carbocycles. The number of aromatic carboxylic acids is 1. The highest BCUT2D eigenvalue weighted by atomic mass is 16.6. The second-order valence-electron chi connectivity index (χ2n) is 5.37. The number of carboxylic acid groups (broad SMARTS) is 1. The van der Waals surface area contributed by atoms with Crippen LogP contribution in [0, 0.1) is 15.5 Å². The van der Waals surface area contributed by atoms with Gasteiger partial charge in [-0.1, -0.05) is 19.4 Å². The summed E-state index contributed by atoms with van der Waals surface area (Å²) in [5, 5.41) is 23.2. The first-order valence-electron chi connectivity index (χ1n) is 6.74. The fourth-order valence-corrected chi connectivity index (χ4v) is 2.56. The average Bonchev–Trinajstić information content (AvgIpc) is 3.16. The molecule has 1 aromatic rings. The number of benzene rings is 1. The van der Waals surface area contributed by atoms with Gasteiger partial charge in [0.2, 0.25) is 0 Å². The van der Waals surface area contributed by atoms with Gasteiger partial charge in [-0.05, 0) is 36.8 Å². The fraction of sp³-hybridized carbons (Fsp3) is 0.500. The van der Waals surface area contributed by atoms with Crippen LogP contribution in [0.1, 0.15) is 43.0 Å². The Hall–Kier alpha value is -2.11. The molecule has 20 heavy (non-hydrogen) atoms. The second-order valence-corrected chi connectivity index (χ2v) is 5.37. The van der Waals surface area contributed by atoms with E-state index in [-0.39, 0.29) is 22.4 Å². The number of nitro groups is 1. The second kappa shape index (κ2) is 5.48. The zero-order chi connectivity index (χ0) is 14.8. The molecule has 2 rings (SSSR count). The summed E-state index contributed by atoms with van der Waals surface area (Å²) in [5.41, 5.74) is -0.105. The highest BCUT2D eigenvalue weighted by molar-refractivity contribution is 5.95. The van der Waals surface area contributed by atoms with E-state index in [1.165, 1.54) is 12.1 Å². The van der Waals surface area contributed by atoms with Gasteiger partial charge in [0.1, 0.15) is 11.3 Å². The lowest BCUT2D eigenvalue weighted by atomic mass is 10.0. The third-order valence-electron chi connectivity index (χ3n) is 3.84. The molecule has 0 spiro atoms. The third-order valence-corrected chi connectivity index (χ3v) is 3.84. The van der Waals surface area contributed by atoms with E-state index < -0.39 is 10.9 Å². The van der Waals surface area contributed by atoms with E-state index in [0.29, 0.717) is 6.54 Å². The Balaban J connectivity index is 2.21. The minimum atomic E-state index is -1.28. The minimum Gasteiger partial charge on any atom is -0.477 e. The number of nitro benzene ring substituents is 1. The van der Waals surface area contributed by atoms with Crippen LogP contribution in [-0.2, 0) is 0 Å². The first kappa shape index (κ1) is 14.3. The van der Waals surface area contributed by atoms with Crippen LogP contribution in [0.25, 0.3) is 0 Å². The Morgan fingerprint density at radius 1 is 1.50 bits per heavy atom. The molecule has 0 bridgehead atoms. The van der Waals surface area contributed by atoms with Crippen LogP contribution >= 0.6 is 0 Å². The number of para-hydroxylation sites is 1. The Kier molecular flexibility index (Phi) is 3.92. The van der Waals surface area contributed by atoms with Gasteiger partial charge in [0.15, 0.2) is 0 Å². The van der Waals surface area contributed by atoms with Gasteiger partial charge in [-0.2, -0.15) is 0 Å². The number of rotatable bonds is 7. The van der Waals surface area contributed by atoms with Crippen molar-refractivity contribution in [2.45, 2.75) is 32.6 Å². The van der Waals surface area contributed by atoms with E-state index in [0.717, 1.165) is 25.7 Å². The molecule has 1 saturated carbocycles. The normalized spacial score (nSPS) is 15.7. The molecule has 0 saturated heterocycles. The molecular formula is C14H18N2O4. The van der Waals surface area contributed by atoms with E-state index >= 15 is 0 Å². The van der Waals surface area contributed by atoms with Crippen molar-refractivity contribution in [3.63, 3.8) is 0 Å². The summed E-state index contributed by atoms with van der Waals surface area (Å²) in [4.78, 5) is 21.5. The number of carbonyl (C=O) groups is 1. The summed E-state index contributed by atoms with van der Waals surface area (Å²) in [6.45, 7) is 2.78. The van der Waals surface area contributed by atoms with Crippen molar-refractivity contribution in [2.75, 3.05) is 11.9 Å². The number of nitrogens with one attached hydrogen (secondary N) is 1. The molecule has 0 amide bonds. The van der Waals surface area contributed by atoms with Crippen molar-refractivity contribution in [1.29, 1.82) is 0 Å². The van der Waals surface area contributed by atoms with Gasteiger partial charge in [0.25, 0.3) is 0 Å². The zero-order valence-corrected chi connectivity index (χ0v) is 11.4. The van der Waals surface area contributed by atoms with Crippen LogP contribution in [0.15, 0.2) is 18.2 Å². The van der Waals surface area contributed by atoms with Gasteiger partial charge in [-0.25, -0.2) is 4.79 Å². The summed E-state index contributed by atoms with van der Waals surface area (Å²) in [6, 6.07) is 4.34. The van der Waals surface area contributed by atoms with Crippen molar-refractivity contribution in [3.05, 3.63) is 33.9 Å². The van der Waals surface area contributed by atoms with Gasteiger partial charge in [0, 0.05) is 6.54 Å².